The molecule has 2 atom stereocenters. The number of rotatable bonds is 2. The molecule has 1 aliphatic heterocycles. The average molecular weight is 357 g/mol. The number of nitriles is 2. The summed E-state index contributed by atoms with van der Waals surface area (Å²) in [5.74, 6) is -0.823. The predicted octanol–water partition coefficient (Wildman–Crippen LogP) is 2.73. The van der Waals surface area contributed by atoms with Crippen LogP contribution in [0.1, 0.15) is 40.7 Å². The highest BCUT2D eigenvalue weighted by atomic mass is 16.2. The van der Waals surface area contributed by atoms with Gasteiger partial charge in [0.05, 0.1) is 34.7 Å². The number of hydrogen-bond donors (Lipinski definition) is 2. The van der Waals surface area contributed by atoms with Crippen LogP contribution in [0.4, 0.5) is 0 Å². The summed E-state index contributed by atoms with van der Waals surface area (Å²) in [6.07, 6.45) is 0. The molecule has 1 saturated heterocycles. The van der Waals surface area contributed by atoms with Crippen LogP contribution in [0, 0.1) is 35.0 Å². The largest absolute Gasteiger partial charge is 0.346 e. The van der Waals surface area contributed by atoms with Gasteiger partial charge in [0.25, 0.3) is 0 Å². The number of likely N-dealkylation sites (N-methyl/N-ethyl adjacent to an activating group) is 1. The first-order chi connectivity index (χ1) is 12.8. The monoisotopic (exact) mass is 357 g/mol. The Labute approximate surface area is 158 Å². The van der Waals surface area contributed by atoms with Crippen LogP contribution in [0.15, 0.2) is 42.5 Å². The molecule has 0 bridgehead atoms. The molecule has 1 heterocycles. The molecule has 1 aliphatic rings. The molecular weight excluding hydrogens is 338 g/mol. The Balaban J connectivity index is 2.21. The fourth-order valence-electron chi connectivity index (χ4n) is 3.57. The van der Waals surface area contributed by atoms with E-state index in [1.807, 2.05) is 26.0 Å². The van der Waals surface area contributed by atoms with Gasteiger partial charge < -0.3 is 5.32 Å². The quantitative estimate of drug-likeness (QED) is 0.862. The maximum Gasteiger partial charge on any atom is 0.239 e. The third kappa shape index (κ3) is 2.92. The molecule has 0 saturated carbocycles. The molecule has 2 N–H and O–H groups in total. The number of carbonyl (C=O) groups excluding carboxylic acids is 1. The summed E-state index contributed by atoms with van der Waals surface area (Å²) >= 11 is 0. The van der Waals surface area contributed by atoms with Crippen LogP contribution in [0.5, 0.6) is 0 Å². The van der Waals surface area contributed by atoms with Crippen LogP contribution in [0.3, 0.4) is 0 Å². The molecule has 0 spiro atoms. The molecule has 2 aromatic rings. The van der Waals surface area contributed by atoms with E-state index in [-0.39, 0.29) is 11.9 Å². The highest BCUT2D eigenvalue weighted by molar-refractivity contribution is 6.02. The second kappa shape index (κ2) is 6.59. The molecule has 134 valence electrons. The molecule has 2 aromatic carbocycles. The van der Waals surface area contributed by atoms with Crippen molar-refractivity contribution in [2.75, 3.05) is 7.05 Å². The van der Waals surface area contributed by atoms with Gasteiger partial charge in [-0.3, -0.25) is 15.1 Å². The van der Waals surface area contributed by atoms with E-state index in [9.17, 15) is 15.3 Å². The number of nitrogens with zero attached hydrogens (tertiary/aromatic N) is 3. The Kier molecular flexibility index (Phi) is 4.43. The van der Waals surface area contributed by atoms with Crippen LogP contribution in [0.2, 0.25) is 0 Å². The molecule has 0 aromatic heterocycles. The minimum Gasteiger partial charge on any atom is -0.346 e. The van der Waals surface area contributed by atoms with E-state index in [4.69, 9.17) is 5.41 Å². The number of aryl methyl sites for hydroxylation is 1. The second-order valence-corrected chi connectivity index (χ2v) is 6.88. The standard InChI is InChI=1S/C21H19N5O/c1-13-9-15(7-8-16(13)12-23)18-19(27)26(3)20(24)25-21(18,2)17-6-4-5-14(10-17)11-22/h4-10,18H,1-3H3,(H2,24,25)/t18-,21+/m0/s1. The fraction of sp³-hybridized carbons (Fsp3) is 0.238. The van der Waals surface area contributed by atoms with Crippen molar-refractivity contribution in [3.05, 3.63) is 70.3 Å². The van der Waals surface area contributed by atoms with Crippen LogP contribution < -0.4 is 5.32 Å². The normalized spacial score (nSPS) is 22.0. The van der Waals surface area contributed by atoms with Gasteiger partial charge in [-0.15, -0.1) is 0 Å². The maximum atomic E-state index is 13.2. The molecule has 0 radical (unpaired) electrons. The molecule has 3 rings (SSSR count). The number of nitrogens with one attached hydrogen (secondary N) is 2. The first-order valence-corrected chi connectivity index (χ1v) is 8.47. The summed E-state index contributed by atoms with van der Waals surface area (Å²) in [5.41, 5.74) is 2.44. The van der Waals surface area contributed by atoms with Gasteiger partial charge in [-0.1, -0.05) is 24.3 Å². The van der Waals surface area contributed by atoms with Gasteiger partial charge in [-0.05, 0) is 48.7 Å². The van der Waals surface area contributed by atoms with Gasteiger partial charge in [0, 0.05) is 7.05 Å². The number of benzene rings is 2. The molecule has 1 fully saturated rings. The zero-order valence-corrected chi connectivity index (χ0v) is 15.4. The van der Waals surface area contributed by atoms with Gasteiger partial charge >= 0.3 is 0 Å². The van der Waals surface area contributed by atoms with Crippen molar-refractivity contribution >= 4 is 11.9 Å². The lowest BCUT2D eigenvalue weighted by Crippen LogP contribution is -2.62. The van der Waals surface area contributed by atoms with Crippen LogP contribution in [-0.2, 0) is 10.3 Å². The molecule has 6 nitrogen and oxygen atoms in total. The zero-order chi connectivity index (χ0) is 19.8. The van der Waals surface area contributed by atoms with Crippen molar-refractivity contribution < 1.29 is 4.79 Å². The van der Waals surface area contributed by atoms with Crippen molar-refractivity contribution in [1.29, 1.82) is 15.9 Å². The number of amides is 1. The lowest BCUT2D eigenvalue weighted by molar-refractivity contribution is -0.131. The molecule has 0 aliphatic carbocycles. The highest BCUT2D eigenvalue weighted by Gasteiger charge is 2.48. The van der Waals surface area contributed by atoms with Gasteiger partial charge in [0.2, 0.25) is 5.91 Å². The second-order valence-electron chi connectivity index (χ2n) is 6.88. The van der Waals surface area contributed by atoms with E-state index in [2.05, 4.69) is 17.5 Å². The van der Waals surface area contributed by atoms with Gasteiger partial charge in [-0.25, -0.2) is 0 Å². The average Bonchev–Trinajstić information content (AvgIpc) is 2.66. The van der Waals surface area contributed by atoms with E-state index in [1.54, 1.807) is 37.4 Å². The van der Waals surface area contributed by atoms with E-state index in [1.165, 1.54) is 4.90 Å². The van der Waals surface area contributed by atoms with E-state index < -0.39 is 11.5 Å². The fourth-order valence-corrected chi connectivity index (χ4v) is 3.57. The Morgan fingerprint density at radius 3 is 2.56 bits per heavy atom. The number of hydrogen-bond acceptors (Lipinski definition) is 4. The summed E-state index contributed by atoms with van der Waals surface area (Å²) in [6, 6.07) is 16.7. The Hall–Kier alpha value is -3.64. The van der Waals surface area contributed by atoms with Crippen molar-refractivity contribution in [2.24, 2.45) is 0 Å². The SMILES string of the molecule is Cc1cc([C@H]2C(=O)N(C)C(=N)N[C@]2(C)c2cccc(C#N)c2)ccc1C#N. The molecule has 27 heavy (non-hydrogen) atoms. The van der Waals surface area contributed by atoms with Crippen molar-refractivity contribution in [2.45, 2.75) is 25.3 Å². The lowest BCUT2D eigenvalue weighted by atomic mass is 9.73. The number of carbonyl (C=O) groups is 1. The Morgan fingerprint density at radius 2 is 1.93 bits per heavy atom. The third-order valence-corrected chi connectivity index (χ3v) is 5.16. The zero-order valence-electron chi connectivity index (χ0n) is 15.4. The lowest BCUT2D eigenvalue weighted by Gasteiger charge is -2.46. The third-order valence-electron chi connectivity index (χ3n) is 5.16. The molecule has 6 heteroatoms. The molecule has 0 unspecified atom stereocenters. The van der Waals surface area contributed by atoms with E-state index >= 15 is 0 Å². The minimum atomic E-state index is -0.909. The van der Waals surface area contributed by atoms with Crippen LogP contribution >= 0.6 is 0 Å². The van der Waals surface area contributed by atoms with Crippen molar-refractivity contribution in [3.63, 3.8) is 0 Å². The summed E-state index contributed by atoms with van der Waals surface area (Å²) < 4.78 is 0. The Bertz CT molecular complexity index is 1030. The van der Waals surface area contributed by atoms with Gasteiger partial charge in [-0.2, -0.15) is 10.5 Å². The maximum absolute atomic E-state index is 13.2. The van der Waals surface area contributed by atoms with Gasteiger partial charge in [0.1, 0.15) is 0 Å². The predicted molar refractivity (Wildman–Crippen MR) is 101 cm³/mol. The van der Waals surface area contributed by atoms with Crippen molar-refractivity contribution in [3.8, 4) is 12.1 Å². The summed E-state index contributed by atoms with van der Waals surface area (Å²) in [5, 5.41) is 29.8. The van der Waals surface area contributed by atoms with E-state index in [0.29, 0.717) is 11.1 Å². The first-order valence-electron chi connectivity index (χ1n) is 8.47. The molecule has 1 amide bonds. The first kappa shape index (κ1) is 18.2. The van der Waals surface area contributed by atoms with Gasteiger partial charge in [0.15, 0.2) is 5.96 Å². The topological polar surface area (TPSA) is 104 Å². The van der Waals surface area contributed by atoms with Crippen molar-refractivity contribution in [1.82, 2.24) is 10.2 Å². The summed E-state index contributed by atoms with van der Waals surface area (Å²) in [6.45, 7) is 3.70. The van der Waals surface area contributed by atoms with Crippen LogP contribution in [-0.4, -0.2) is 23.8 Å². The summed E-state index contributed by atoms with van der Waals surface area (Å²) in [4.78, 5) is 14.4. The highest BCUT2D eigenvalue weighted by Crippen LogP contribution is 2.41. The van der Waals surface area contributed by atoms with E-state index in [0.717, 1.165) is 16.7 Å². The smallest absolute Gasteiger partial charge is 0.239 e. The molecular formula is C21H19N5O. The summed E-state index contributed by atoms with van der Waals surface area (Å²) in [7, 11) is 1.56. The van der Waals surface area contributed by atoms with Crippen LogP contribution in [0.25, 0.3) is 0 Å². The Morgan fingerprint density at radius 1 is 1.19 bits per heavy atom. The minimum absolute atomic E-state index is 0.00600. The number of guanidine groups is 1.